The highest BCUT2D eigenvalue weighted by Gasteiger charge is 2.31. The number of hydrogen-bond acceptors (Lipinski definition) is 4. The van der Waals surface area contributed by atoms with Crippen LogP contribution in [0.2, 0.25) is 0 Å². The number of anilines is 1. The van der Waals surface area contributed by atoms with Gasteiger partial charge in [0.15, 0.2) is 5.78 Å². The summed E-state index contributed by atoms with van der Waals surface area (Å²) >= 11 is 0. The topological polar surface area (TPSA) is 94.2 Å². The van der Waals surface area contributed by atoms with E-state index in [9.17, 15) is 19.1 Å². The number of β-amino-alcohol motifs (C(OH)–C–C–N with tert-alkyl or cyclic N) is 1. The molecular weight excluding hydrogens is 397 g/mol. The van der Waals surface area contributed by atoms with Crippen molar-refractivity contribution in [2.45, 2.75) is 18.9 Å². The number of carbonyl (C=O) groups excluding carboxylic acids is 2. The fourth-order valence-corrected chi connectivity index (χ4v) is 3.34. The number of aromatic amines is 1. The minimum atomic E-state index is -1.22. The lowest BCUT2D eigenvalue weighted by Gasteiger charge is -2.12. The van der Waals surface area contributed by atoms with Crippen LogP contribution in [0.25, 0.3) is 11.6 Å². The molecule has 4 rings (SSSR count). The van der Waals surface area contributed by atoms with Crippen molar-refractivity contribution < 1.29 is 19.1 Å². The number of benzene rings is 1. The Morgan fingerprint density at radius 2 is 2.17 bits per heavy atom. The van der Waals surface area contributed by atoms with Crippen LogP contribution < -0.4 is 10.6 Å². The second kappa shape index (κ2) is 7.84. The molecule has 1 unspecified atom stereocenters. The number of aliphatic hydroxyl groups is 1. The molecule has 4 N–H and O–H groups in total. The predicted octanol–water partition coefficient (Wildman–Crippen LogP) is 2.35. The molecule has 1 aromatic carbocycles. The van der Waals surface area contributed by atoms with Crippen molar-refractivity contribution >= 4 is 41.4 Å². The molecule has 0 saturated carbocycles. The van der Waals surface area contributed by atoms with Crippen LogP contribution in [0.4, 0.5) is 10.1 Å². The molecule has 1 fully saturated rings. The molecule has 0 bridgehead atoms. The maximum atomic E-state index is 14.6. The quantitative estimate of drug-likeness (QED) is 0.344. The van der Waals surface area contributed by atoms with E-state index >= 15 is 0 Å². The Kier molecular flexibility index (Phi) is 5.62. The van der Waals surface area contributed by atoms with Gasteiger partial charge in [-0.1, -0.05) is 11.8 Å². The van der Waals surface area contributed by atoms with Gasteiger partial charge in [-0.15, -0.1) is 12.4 Å². The minimum absolute atomic E-state index is 0. The summed E-state index contributed by atoms with van der Waals surface area (Å²) in [4.78, 5) is 26.9. The Labute approximate surface area is 173 Å². The Morgan fingerprint density at radius 1 is 1.38 bits per heavy atom. The number of H-pyrrole nitrogens is 1. The highest BCUT2D eigenvalue weighted by Crippen LogP contribution is 2.36. The van der Waals surface area contributed by atoms with Crippen LogP contribution in [0.15, 0.2) is 24.4 Å². The van der Waals surface area contributed by atoms with Gasteiger partial charge in [0, 0.05) is 36.0 Å². The van der Waals surface area contributed by atoms with Crippen LogP contribution in [0.5, 0.6) is 0 Å². The Bertz CT molecular complexity index is 1090. The Morgan fingerprint density at radius 3 is 2.83 bits per heavy atom. The van der Waals surface area contributed by atoms with Crippen LogP contribution in [0.1, 0.15) is 40.5 Å². The number of rotatable bonds is 2. The summed E-state index contributed by atoms with van der Waals surface area (Å²) in [5.74, 6) is 4.43. The molecule has 6 nitrogen and oxygen atoms in total. The van der Waals surface area contributed by atoms with E-state index < -0.39 is 11.4 Å². The van der Waals surface area contributed by atoms with Gasteiger partial charge >= 0.3 is 0 Å². The minimum Gasteiger partial charge on any atom is -0.376 e. The molecule has 1 atom stereocenters. The number of aromatic nitrogens is 1. The number of ketones is 1. The van der Waals surface area contributed by atoms with E-state index in [1.807, 2.05) is 0 Å². The number of nitrogens with one attached hydrogen (secondary N) is 3. The van der Waals surface area contributed by atoms with Crippen LogP contribution in [-0.4, -0.2) is 40.5 Å². The van der Waals surface area contributed by atoms with Crippen molar-refractivity contribution in [2.24, 2.45) is 0 Å². The first kappa shape index (κ1) is 20.8. The fraction of sp³-hybridized carbons (Fsp3) is 0.238. The maximum Gasteiger partial charge on any atom is 0.256 e. The molecule has 1 saturated heterocycles. The van der Waals surface area contributed by atoms with Gasteiger partial charge in [-0.25, -0.2) is 4.39 Å². The number of halogens is 2. The molecule has 1 aromatic heterocycles. The van der Waals surface area contributed by atoms with E-state index in [-0.39, 0.29) is 35.2 Å². The van der Waals surface area contributed by atoms with Crippen molar-refractivity contribution in [1.82, 2.24) is 10.3 Å². The molecule has 8 heteroatoms. The average Bonchev–Trinajstić information content (AvgIpc) is 3.36. The number of Topliss-reactive ketones (excluding diaryl/α,β-unsaturated/α-hetero) is 1. The SMILES string of the molecule is CC(=O)c1c[nH]c(/C=C2\C(=O)Nc3ccc(F)c(C#CC4(O)CCNC4)c32)c1.Cl. The molecule has 0 radical (unpaired) electrons. The van der Waals surface area contributed by atoms with Gasteiger partial charge in [-0.05, 0) is 37.7 Å². The summed E-state index contributed by atoms with van der Waals surface area (Å²) in [7, 11) is 0. The number of carbonyl (C=O) groups is 2. The van der Waals surface area contributed by atoms with Crippen molar-refractivity contribution in [3.63, 3.8) is 0 Å². The standard InChI is InChI=1S/C21H18FN3O3.ClH/c1-12(26)13-8-14(24-10-13)9-16-19-15(4-5-21(28)6-7-23-11-21)17(22)2-3-18(19)25-20(16)27;/h2-3,8-10,23-24,28H,6-7,11H2,1H3,(H,25,27);1H/b16-9-;. The van der Waals surface area contributed by atoms with E-state index in [0.717, 1.165) is 0 Å². The van der Waals surface area contributed by atoms with Gasteiger partial charge in [0.05, 0.1) is 16.8 Å². The number of fused-ring (bicyclic) bond motifs is 1. The molecule has 1 amide bonds. The van der Waals surface area contributed by atoms with Crippen molar-refractivity contribution in [2.75, 3.05) is 18.4 Å². The second-order valence-electron chi connectivity index (χ2n) is 6.97. The first-order valence-corrected chi connectivity index (χ1v) is 8.88. The third-order valence-corrected chi connectivity index (χ3v) is 4.88. The molecule has 3 heterocycles. The zero-order chi connectivity index (χ0) is 19.9. The molecule has 0 aliphatic carbocycles. The summed E-state index contributed by atoms with van der Waals surface area (Å²) in [6.07, 6.45) is 3.56. The largest absolute Gasteiger partial charge is 0.376 e. The average molecular weight is 416 g/mol. The fourth-order valence-electron chi connectivity index (χ4n) is 3.34. The summed E-state index contributed by atoms with van der Waals surface area (Å²) in [6.45, 7) is 2.40. The zero-order valence-electron chi connectivity index (χ0n) is 15.6. The molecule has 2 aliphatic rings. The van der Waals surface area contributed by atoms with E-state index in [1.165, 1.54) is 19.1 Å². The van der Waals surface area contributed by atoms with E-state index in [2.05, 4.69) is 27.5 Å². The molecule has 29 heavy (non-hydrogen) atoms. The Hall–Kier alpha value is -2.92. The predicted molar refractivity (Wildman–Crippen MR) is 110 cm³/mol. The molecule has 150 valence electrons. The molecule has 0 spiro atoms. The summed E-state index contributed by atoms with van der Waals surface area (Å²) in [5.41, 5.74) is 0.923. The zero-order valence-corrected chi connectivity index (χ0v) is 16.4. The van der Waals surface area contributed by atoms with Crippen LogP contribution in [0.3, 0.4) is 0 Å². The van der Waals surface area contributed by atoms with Crippen molar-refractivity contribution in [1.29, 1.82) is 0 Å². The van der Waals surface area contributed by atoms with E-state index in [0.29, 0.717) is 42.0 Å². The van der Waals surface area contributed by atoms with Gasteiger partial charge < -0.3 is 20.7 Å². The normalized spacial score (nSPS) is 21.2. The first-order chi connectivity index (χ1) is 13.4. The van der Waals surface area contributed by atoms with Gasteiger partial charge in [0.1, 0.15) is 11.4 Å². The van der Waals surface area contributed by atoms with Crippen LogP contribution >= 0.6 is 12.4 Å². The van der Waals surface area contributed by atoms with E-state index in [1.54, 1.807) is 18.3 Å². The molecular formula is C21H19ClFN3O3. The lowest BCUT2D eigenvalue weighted by atomic mass is 9.97. The molecule has 2 aromatic rings. The van der Waals surface area contributed by atoms with Crippen LogP contribution in [-0.2, 0) is 4.79 Å². The monoisotopic (exact) mass is 415 g/mol. The maximum absolute atomic E-state index is 14.6. The third-order valence-electron chi connectivity index (χ3n) is 4.88. The third kappa shape index (κ3) is 3.96. The van der Waals surface area contributed by atoms with Gasteiger partial charge in [-0.2, -0.15) is 0 Å². The van der Waals surface area contributed by atoms with Gasteiger partial charge in [0.25, 0.3) is 5.91 Å². The summed E-state index contributed by atoms with van der Waals surface area (Å²) in [6, 6.07) is 4.35. The lowest BCUT2D eigenvalue weighted by Crippen LogP contribution is -2.29. The van der Waals surface area contributed by atoms with Crippen LogP contribution in [0, 0.1) is 17.7 Å². The highest BCUT2D eigenvalue weighted by atomic mass is 35.5. The second-order valence-corrected chi connectivity index (χ2v) is 6.97. The van der Waals surface area contributed by atoms with Crippen molar-refractivity contribution in [3.8, 4) is 11.8 Å². The van der Waals surface area contributed by atoms with E-state index in [4.69, 9.17) is 0 Å². The summed E-state index contributed by atoms with van der Waals surface area (Å²) in [5, 5.41) is 16.1. The molecule has 2 aliphatic heterocycles. The van der Waals surface area contributed by atoms with Gasteiger partial charge in [0.2, 0.25) is 0 Å². The van der Waals surface area contributed by atoms with Crippen molar-refractivity contribution in [3.05, 3.63) is 52.6 Å². The first-order valence-electron chi connectivity index (χ1n) is 8.88. The smallest absolute Gasteiger partial charge is 0.256 e. The number of amides is 1. The number of hydrogen-bond donors (Lipinski definition) is 4. The Balaban J connectivity index is 0.00000240. The summed E-state index contributed by atoms with van der Waals surface area (Å²) < 4.78 is 14.6. The van der Waals surface area contributed by atoms with Gasteiger partial charge in [-0.3, -0.25) is 9.59 Å². The lowest BCUT2D eigenvalue weighted by molar-refractivity contribution is -0.110. The highest BCUT2D eigenvalue weighted by molar-refractivity contribution is 6.35.